The fourth-order valence-corrected chi connectivity index (χ4v) is 3.53. The van der Waals surface area contributed by atoms with Crippen LogP contribution in [0.25, 0.3) is 0 Å². The van der Waals surface area contributed by atoms with E-state index < -0.39 is 0 Å². The normalized spacial score (nSPS) is 24.0. The maximum Gasteiger partial charge on any atom is 0.462 e. The summed E-state index contributed by atoms with van der Waals surface area (Å²) in [6.07, 6.45) is 6.14. The van der Waals surface area contributed by atoms with Crippen LogP contribution >= 0.6 is 0 Å². The van der Waals surface area contributed by atoms with E-state index in [9.17, 15) is 0 Å². The van der Waals surface area contributed by atoms with Crippen molar-refractivity contribution in [1.29, 1.82) is 0 Å². The van der Waals surface area contributed by atoms with Crippen LogP contribution in [0.1, 0.15) is 41.0 Å². The summed E-state index contributed by atoms with van der Waals surface area (Å²) in [5, 5.41) is 0. The third-order valence-corrected chi connectivity index (χ3v) is 5.56. The highest BCUT2D eigenvalue weighted by Gasteiger charge is 2.51. The first-order valence-corrected chi connectivity index (χ1v) is 8.97. The first kappa shape index (κ1) is 20.4. The van der Waals surface area contributed by atoms with Gasteiger partial charge in [-0.3, -0.25) is 0 Å². The van der Waals surface area contributed by atoms with Gasteiger partial charge < -0.3 is 18.8 Å². The Balaban J connectivity index is 2.21. The van der Waals surface area contributed by atoms with Gasteiger partial charge in [-0.1, -0.05) is 24.3 Å². The van der Waals surface area contributed by atoms with Gasteiger partial charge in [0, 0.05) is 26.0 Å². The van der Waals surface area contributed by atoms with Crippen LogP contribution < -0.4 is 0 Å². The second-order valence-corrected chi connectivity index (χ2v) is 8.39. The van der Waals surface area contributed by atoms with Crippen LogP contribution in [0.5, 0.6) is 0 Å². The predicted octanol–water partition coefficient (Wildman–Crippen LogP) is 4.19. The van der Waals surface area contributed by atoms with E-state index in [1.807, 2.05) is 6.92 Å². The Hall–Kier alpha value is -0.875. The van der Waals surface area contributed by atoms with Crippen molar-refractivity contribution in [2.45, 2.75) is 58.6 Å². The smallest absolute Gasteiger partial charge is 0.403 e. The Bertz CT molecular complexity index is 552. The van der Waals surface area contributed by atoms with Crippen molar-refractivity contribution in [3.63, 3.8) is 0 Å². The fourth-order valence-electron chi connectivity index (χ4n) is 3.53. The lowest BCUT2D eigenvalue weighted by Crippen LogP contribution is -2.41. The standard InChI is InChI=1S/C20H33BO4/c1-15(2)17-11-20(13-22-7,14-23-8)10-9-16(17)12-21-24-18(3,4)19(5,6)25-21/h9,11H,1,10,12-14H2,2-8H3. The summed E-state index contributed by atoms with van der Waals surface area (Å²) in [6, 6.07) is 0. The first-order chi connectivity index (χ1) is 11.6. The minimum atomic E-state index is -0.310. The molecule has 0 aromatic heterocycles. The van der Waals surface area contributed by atoms with E-state index in [0.29, 0.717) is 13.2 Å². The molecule has 0 N–H and O–H groups in total. The Morgan fingerprint density at radius 3 is 2.08 bits per heavy atom. The second-order valence-electron chi connectivity index (χ2n) is 8.39. The second kappa shape index (κ2) is 7.39. The molecule has 1 aliphatic heterocycles. The molecule has 0 saturated carbocycles. The summed E-state index contributed by atoms with van der Waals surface area (Å²) < 4.78 is 23.3. The maximum atomic E-state index is 6.17. The zero-order chi connectivity index (χ0) is 18.9. The Morgan fingerprint density at radius 1 is 1.12 bits per heavy atom. The van der Waals surface area contributed by atoms with Crippen LogP contribution in [0.2, 0.25) is 6.32 Å². The van der Waals surface area contributed by atoms with Crippen LogP contribution in [0.15, 0.2) is 35.5 Å². The van der Waals surface area contributed by atoms with Gasteiger partial charge >= 0.3 is 7.12 Å². The monoisotopic (exact) mass is 348 g/mol. The molecule has 0 aromatic carbocycles. The van der Waals surface area contributed by atoms with Crippen molar-refractivity contribution in [2.24, 2.45) is 5.41 Å². The highest BCUT2D eigenvalue weighted by molar-refractivity contribution is 6.46. The third-order valence-electron chi connectivity index (χ3n) is 5.56. The first-order valence-electron chi connectivity index (χ1n) is 8.97. The molecule has 140 valence electrons. The average Bonchev–Trinajstić information content (AvgIpc) is 2.69. The molecular formula is C20H33BO4. The van der Waals surface area contributed by atoms with Crippen LogP contribution in [0, 0.1) is 5.41 Å². The molecule has 1 heterocycles. The van der Waals surface area contributed by atoms with E-state index >= 15 is 0 Å². The molecule has 1 aliphatic carbocycles. The molecule has 5 heteroatoms. The molecule has 0 amide bonds. The molecule has 0 aromatic rings. The van der Waals surface area contributed by atoms with Crippen molar-refractivity contribution in [1.82, 2.24) is 0 Å². The number of methoxy groups -OCH3 is 2. The summed E-state index contributed by atoms with van der Waals surface area (Å²) in [7, 11) is 3.22. The van der Waals surface area contributed by atoms with E-state index in [0.717, 1.165) is 23.9 Å². The SMILES string of the molecule is C=C(C)C1=CC(COC)(COC)CC=C1CB1OC(C)(C)C(C)(C)O1. The molecule has 1 saturated heterocycles. The molecule has 2 rings (SSSR count). The van der Waals surface area contributed by atoms with E-state index in [-0.39, 0.29) is 23.7 Å². The maximum absolute atomic E-state index is 6.17. The van der Waals surface area contributed by atoms with Crippen molar-refractivity contribution in [3.8, 4) is 0 Å². The molecule has 0 atom stereocenters. The van der Waals surface area contributed by atoms with Crippen LogP contribution in [-0.4, -0.2) is 45.8 Å². The predicted molar refractivity (Wildman–Crippen MR) is 103 cm³/mol. The molecule has 25 heavy (non-hydrogen) atoms. The minimum absolute atomic E-state index is 0.142. The molecule has 2 aliphatic rings. The number of allylic oxidation sites excluding steroid dienone is 4. The van der Waals surface area contributed by atoms with Crippen molar-refractivity contribution in [2.75, 3.05) is 27.4 Å². The van der Waals surface area contributed by atoms with Gasteiger partial charge in [-0.2, -0.15) is 0 Å². The van der Waals surface area contributed by atoms with Crippen molar-refractivity contribution < 1.29 is 18.8 Å². The highest BCUT2D eigenvalue weighted by atomic mass is 16.7. The Kier molecular flexibility index (Phi) is 6.05. The number of rotatable bonds is 7. The topological polar surface area (TPSA) is 36.9 Å². The van der Waals surface area contributed by atoms with E-state index in [2.05, 4.69) is 46.4 Å². The van der Waals surface area contributed by atoms with E-state index in [4.69, 9.17) is 18.8 Å². The molecule has 0 bridgehead atoms. The van der Waals surface area contributed by atoms with Gasteiger partial charge in [-0.05, 0) is 52.2 Å². The summed E-state index contributed by atoms with van der Waals surface area (Å²) in [4.78, 5) is 0. The third kappa shape index (κ3) is 4.28. The van der Waals surface area contributed by atoms with E-state index in [1.54, 1.807) is 14.2 Å². The van der Waals surface area contributed by atoms with Gasteiger partial charge in [0.2, 0.25) is 0 Å². The average molecular weight is 348 g/mol. The molecule has 0 unspecified atom stereocenters. The molecule has 0 radical (unpaired) electrons. The molecule has 0 spiro atoms. The van der Waals surface area contributed by atoms with E-state index in [1.165, 1.54) is 5.57 Å². The van der Waals surface area contributed by atoms with Crippen LogP contribution in [0.3, 0.4) is 0 Å². The van der Waals surface area contributed by atoms with Gasteiger partial charge in [-0.25, -0.2) is 0 Å². The molecule has 4 nitrogen and oxygen atoms in total. The van der Waals surface area contributed by atoms with Gasteiger partial charge in [0.05, 0.1) is 24.4 Å². The van der Waals surface area contributed by atoms with Gasteiger partial charge in [0.15, 0.2) is 0 Å². The van der Waals surface area contributed by atoms with Gasteiger partial charge in [0.1, 0.15) is 0 Å². The summed E-state index contributed by atoms with van der Waals surface area (Å²) in [6.45, 7) is 15.8. The lowest BCUT2D eigenvalue weighted by molar-refractivity contribution is 0.00578. The molecular weight excluding hydrogens is 315 g/mol. The Labute approximate surface area is 153 Å². The van der Waals surface area contributed by atoms with Gasteiger partial charge in [-0.15, -0.1) is 0 Å². The summed E-state index contributed by atoms with van der Waals surface area (Å²) >= 11 is 0. The van der Waals surface area contributed by atoms with Crippen LogP contribution in [0.4, 0.5) is 0 Å². The number of ether oxygens (including phenoxy) is 2. The molecule has 1 fully saturated rings. The number of hydrogen-bond donors (Lipinski definition) is 0. The fraction of sp³-hybridized carbons (Fsp3) is 0.700. The highest BCUT2D eigenvalue weighted by Crippen LogP contribution is 2.42. The summed E-state index contributed by atoms with van der Waals surface area (Å²) in [5.74, 6) is 0. The number of hydrogen-bond acceptors (Lipinski definition) is 4. The zero-order valence-electron chi connectivity index (χ0n) is 16.9. The lowest BCUT2D eigenvalue weighted by atomic mass is 9.70. The largest absolute Gasteiger partial charge is 0.462 e. The quantitative estimate of drug-likeness (QED) is 0.647. The lowest BCUT2D eigenvalue weighted by Gasteiger charge is -2.34. The van der Waals surface area contributed by atoms with Crippen LogP contribution in [-0.2, 0) is 18.8 Å². The minimum Gasteiger partial charge on any atom is -0.403 e. The zero-order valence-corrected chi connectivity index (χ0v) is 16.9. The Morgan fingerprint density at radius 2 is 1.64 bits per heavy atom. The van der Waals surface area contributed by atoms with Crippen molar-refractivity contribution in [3.05, 3.63) is 35.5 Å². The van der Waals surface area contributed by atoms with Crippen molar-refractivity contribution >= 4 is 7.12 Å². The van der Waals surface area contributed by atoms with Gasteiger partial charge in [0.25, 0.3) is 0 Å². The summed E-state index contributed by atoms with van der Waals surface area (Å²) in [5.41, 5.74) is 2.67.